The van der Waals surface area contributed by atoms with Gasteiger partial charge in [0.25, 0.3) is 0 Å². The second-order valence-corrected chi connectivity index (χ2v) is 18.3. The van der Waals surface area contributed by atoms with E-state index in [0.29, 0.717) is 0 Å². The van der Waals surface area contributed by atoms with Crippen LogP contribution in [0.3, 0.4) is 0 Å². The van der Waals surface area contributed by atoms with Gasteiger partial charge in [0.15, 0.2) is 0 Å². The van der Waals surface area contributed by atoms with E-state index in [1.807, 2.05) is 48.8 Å². The second-order valence-electron chi connectivity index (χ2n) is 12.2. The third kappa shape index (κ3) is 7.38. The number of hydrogen-bond donors (Lipinski definition) is 0. The number of fused-ring (bicyclic) bond motifs is 3. The van der Waals surface area contributed by atoms with Crippen LogP contribution in [0.4, 0.5) is 4.39 Å². The molecule has 0 aliphatic heterocycles. The zero-order valence-electron chi connectivity index (χ0n) is 24.8. The van der Waals surface area contributed by atoms with Gasteiger partial charge in [0.1, 0.15) is 5.82 Å². The summed E-state index contributed by atoms with van der Waals surface area (Å²) in [6.07, 6.45) is 10.5. The normalized spacial score (nSPS) is 13.5. The minimum Gasteiger partial charge on any atom is -0.305 e. The van der Waals surface area contributed by atoms with Crippen molar-refractivity contribution in [3.63, 3.8) is 0 Å². The Labute approximate surface area is 272 Å². The van der Waals surface area contributed by atoms with Crippen molar-refractivity contribution in [2.24, 2.45) is 5.92 Å². The molecule has 3 aromatic carbocycles. The molecule has 2 nitrogen and oxygen atoms in total. The van der Waals surface area contributed by atoms with E-state index in [4.69, 9.17) is 0 Å². The molecule has 221 valence electrons. The Morgan fingerprint density at radius 1 is 0.860 bits per heavy atom. The fourth-order valence-electron chi connectivity index (χ4n) is 5.70. The summed E-state index contributed by atoms with van der Waals surface area (Å²) in [4.78, 5) is 9.09. The Morgan fingerprint density at radius 3 is 2.42 bits per heavy atom. The number of pyridine rings is 2. The van der Waals surface area contributed by atoms with E-state index >= 15 is 0 Å². The molecule has 1 saturated carbocycles. The van der Waals surface area contributed by atoms with Gasteiger partial charge < -0.3 is 9.97 Å². The summed E-state index contributed by atoms with van der Waals surface area (Å²) < 4.78 is 15.9. The topological polar surface area (TPSA) is 25.8 Å². The molecular formula is C37H35FIrN2SSi-2. The zero-order valence-corrected chi connectivity index (χ0v) is 29.0. The van der Waals surface area contributed by atoms with Crippen LogP contribution in [-0.4, -0.2) is 18.0 Å². The van der Waals surface area contributed by atoms with E-state index in [1.165, 1.54) is 53.8 Å². The average Bonchev–Trinajstić information content (AvgIpc) is 3.66. The van der Waals surface area contributed by atoms with Crippen LogP contribution in [0.25, 0.3) is 42.7 Å². The molecule has 1 fully saturated rings. The Hall–Kier alpha value is -3.02. The number of hydrogen-bond acceptors (Lipinski definition) is 3. The van der Waals surface area contributed by atoms with E-state index in [0.717, 1.165) is 55.0 Å². The number of aromatic nitrogens is 2. The van der Waals surface area contributed by atoms with Gasteiger partial charge in [0.2, 0.25) is 0 Å². The molecule has 1 aliphatic rings. The molecule has 0 N–H and O–H groups in total. The first-order chi connectivity index (χ1) is 20.3. The molecule has 6 heteroatoms. The summed E-state index contributed by atoms with van der Waals surface area (Å²) in [6.45, 7) is 7.00. The molecule has 0 saturated heterocycles. The molecule has 0 amide bonds. The standard InChI is InChI=1S/C23H19FNS.C14H16NSi.Ir/c24-20-7-3-6-18-19-14-17(8-9-22(19)26-23(18)20)21-13-16(10-11-25-21)12-15-4-1-2-5-15;1-16(2,3)13-9-10-14(15-11-13)12-7-5-4-6-8-12;/h3,6-7,9-11,13-15H,1-2,4-5,12H2;4-7,9-11H,1-3H3;/q2*-1;. The van der Waals surface area contributed by atoms with E-state index in [1.54, 1.807) is 6.07 Å². The zero-order chi connectivity index (χ0) is 29.1. The summed E-state index contributed by atoms with van der Waals surface area (Å²) in [5.41, 5.74) is 5.36. The van der Waals surface area contributed by atoms with E-state index in [2.05, 4.69) is 72.1 Å². The van der Waals surface area contributed by atoms with Gasteiger partial charge in [0, 0.05) is 32.5 Å². The van der Waals surface area contributed by atoms with Crippen LogP contribution in [0.2, 0.25) is 19.6 Å². The predicted octanol–water partition coefficient (Wildman–Crippen LogP) is 9.88. The summed E-state index contributed by atoms with van der Waals surface area (Å²) in [7, 11) is -1.23. The summed E-state index contributed by atoms with van der Waals surface area (Å²) >= 11 is 1.49. The number of rotatable bonds is 5. The number of thiophene rings is 1. The van der Waals surface area contributed by atoms with Crippen molar-refractivity contribution in [2.45, 2.75) is 51.7 Å². The molecule has 1 aliphatic carbocycles. The van der Waals surface area contributed by atoms with Gasteiger partial charge in [-0.15, -0.1) is 59.7 Å². The molecule has 0 spiro atoms. The molecule has 3 aromatic heterocycles. The minimum atomic E-state index is -1.23. The average molecular weight is 779 g/mol. The van der Waals surface area contributed by atoms with Gasteiger partial charge >= 0.3 is 0 Å². The molecule has 3 heterocycles. The maximum Gasteiger partial charge on any atom is 0.140 e. The Morgan fingerprint density at radius 2 is 1.70 bits per heavy atom. The quantitative estimate of drug-likeness (QED) is 0.129. The summed E-state index contributed by atoms with van der Waals surface area (Å²) in [5, 5.41) is 3.45. The molecule has 43 heavy (non-hydrogen) atoms. The fourth-order valence-corrected chi connectivity index (χ4v) is 7.81. The van der Waals surface area contributed by atoms with Crippen molar-refractivity contribution < 1.29 is 24.5 Å². The van der Waals surface area contributed by atoms with Crippen LogP contribution >= 0.6 is 11.3 Å². The maximum atomic E-state index is 14.1. The fraction of sp³-hybridized carbons (Fsp3) is 0.243. The van der Waals surface area contributed by atoms with E-state index < -0.39 is 8.07 Å². The predicted molar refractivity (Wildman–Crippen MR) is 179 cm³/mol. The van der Waals surface area contributed by atoms with Crippen molar-refractivity contribution in [2.75, 3.05) is 0 Å². The van der Waals surface area contributed by atoms with Gasteiger partial charge in [-0.25, -0.2) is 4.39 Å². The molecule has 0 unspecified atom stereocenters. The van der Waals surface area contributed by atoms with Crippen molar-refractivity contribution in [1.29, 1.82) is 0 Å². The van der Waals surface area contributed by atoms with Crippen molar-refractivity contribution in [3.05, 3.63) is 115 Å². The monoisotopic (exact) mass is 779 g/mol. The molecule has 0 bridgehead atoms. The van der Waals surface area contributed by atoms with Crippen molar-refractivity contribution in [3.8, 4) is 22.5 Å². The summed E-state index contributed by atoms with van der Waals surface area (Å²) in [5.74, 6) is 0.669. The van der Waals surface area contributed by atoms with Crippen molar-refractivity contribution >= 4 is 44.8 Å². The molecule has 1 radical (unpaired) electrons. The second kappa shape index (κ2) is 13.7. The Kier molecular flexibility index (Phi) is 10.0. The Balaban J connectivity index is 0.000000188. The van der Waals surface area contributed by atoms with Crippen LogP contribution in [0.1, 0.15) is 31.2 Å². The summed E-state index contributed by atoms with van der Waals surface area (Å²) in [6, 6.07) is 32.5. The number of nitrogens with zero attached hydrogens (tertiary/aromatic N) is 2. The Bertz CT molecular complexity index is 1810. The van der Waals surface area contributed by atoms with E-state index in [9.17, 15) is 4.39 Å². The number of halogens is 1. The van der Waals surface area contributed by atoms with Gasteiger partial charge in [-0.1, -0.05) is 86.6 Å². The molecule has 0 atom stereocenters. The van der Waals surface area contributed by atoms with Gasteiger partial charge in [-0.3, -0.25) is 0 Å². The SMILES string of the molecule is C[Si](C)(C)c1ccc(-c2[c-]cccc2)nc1.Fc1cccc2c1sc1c[c-]c(-c3cc(CC4CCCC4)ccn3)cc12.[Ir]. The van der Waals surface area contributed by atoms with Crippen LogP contribution in [0.15, 0.2) is 91.3 Å². The molecular weight excluding hydrogens is 744 g/mol. The maximum absolute atomic E-state index is 14.1. The van der Waals surface area contributed by atoms with E-state index in [-0.39, 0.29) is 25.9 Å². The first kappa shape index (κ1) is 31.4. The largest absolute Gasteiger partial charge is 0.305 e. The number of benzene rings is 3. The third-order valence-electron chi connectivity index (χ3n) is 8.10. The third-order valence-corrected chi connectivity index (χ3v) is 11.3. The minimum absolute atomic E-state index is 0. The van der Waals surface area contributed by atoms with Gasteiger partial charge in [-0.05, 0) is 51.1 Å². The van der Waals surface area contributed by atoms with Crippen LogP contribution < -0.4 is 5.19 Å². The first-order valence-corrected chi connectivity index (χ1v) is 19.1. The van der Waals surface area contributed by atoms with Gasteiger partial charge in [-0.2, -0.15) is 11.3 Å². The van der Waals surface area contributed by atoms with Crippen LogP contribution in [-0.2, 0) is 26.5 Å². The van der Waals surface area contributed by atoms with Crippen LogP contribution in [0.5, 0.6) is 0 Å². The van der Waals surface area contributed by atoms with Crippen LogP contribution in [0, 0.1) is 23.9 Å². The van der Waals surface area contributed by atoms with Crippen molar-refractivity contribution in [1.82, 2.24) is 9.97 Å². The molecule has 6 aromatic rings. The smallest absolute Gasteiger partial charge is 0.140 e. The molecule has 7 rings (SSSR count). The first-order valence-electron chi connectivity index (χ1n) is 14.8. The van der Waals surface area contributed by atoms with Gasteiger partial charge in [0.05, 0.1) is 12.8 Å².